The summed E-state index contributed by atoms with van der Waals surface area (Å²) in [6, 6.07) is 15.8. The van der Waals surface area contributed by atoms with Gasteiger partial charge in [-0.15, -0.1) is 10.2 Å². The van der Waals surface area contributed by atoms with Gasteiger partial charge in [0, 0.05) is 11.6 Å². The van der Waals surface area contributed by atoms with E-state index >= 15 is 0 Å². The molecule has 0 spiro atoms. The molecule has 0 saturated carbocycles. The molecule has 1 amide bonds. The van der Waals surface area contributed by atoms with Gasteiger partial charge in [0.2, 0.25) is 5.91 Å². The molecule has 0 atom stereocenters. The van der Waals surface area contributed by atoms with Crippen molar-refractivity contribution in [3.63, 3.8) is 0 Å². The summed E-state index contributed by atoms with van der Waals surface area (Å²) in [7, 11) is 0. The number of rotatable bonds is 6. The van der Waals surface area contributed by atoms with Crippen LogP contribution in [0.25, 0.3) is 17.1 Å². The molecule has 1 aromatic heterocycles. The zero-order valence-electron chi connectivity index (χ0n) is 16.2. The van der Waals surface area contributed by atoms with E-state index in [1.54, 1.807) is 42.5 Å². The standard InChI is InChI=1S/C22H14ClF3N4OS/c23-15-6-2-1-5-14(15)21-28-29-22(30(21)19-8-4-3-7-16(19)25)32-12-20(31)27-18-10-9-13(24)11-17(18)26/h1-11H,12H2,(H,27,31). The molecule has 162 valence electrons. The van der Waals surface area contributed by atoms with Crippen LogP contribution in [0.1, 0.15) is 0 Å². The predicted molar refractivity (Wildman–Crippen MR) is 117 cm³/mol. The third-order valence-corrected chi connectivity index (χ3v) is 5.64. The molecular weight excluding hydrogens is 461 g/mol. The first kappa shape index (κ1) is 21.9. The van der Waals surface area contributed by atoms with Gasteiger partial charge < -0.3 is 5.32 Å². The Bertz CT molecular complexity index is 1300. The normalized spacial score (nSPS) is 10.9. The zero-order chi connectivity index (χ0) is 22.7. The van der Waals surface area contributed by atoms with E-state index in [1.165, 1.54) is 10.6 Å². The van der Waals surface area contributed by atoms with Crippen molar-refractivity contribution in [2.24, 2.45) is 0 Å². The van der Waals surface area contributed by atoms with Gasteiger partial charge in [-0.2, -0.15) is 0 Å². The lowest BCUT2D eigenvalue weighted by molar-refractivity contribution is -0.113. The molecule has 0 aliphatic rings. The first-order chi connectivity index (χ1) is 15.4. The molecule has 4 rings (SSSR count). The molecular formula is C22H14ClF3N4OS. The SMILES string of the molecule is O=C(CSc1nnc(-c2ccccc2Cl)n1-c1ccccc1F)Nc1ccc(F)cc1F. The number of amides is 1. The number of nitrogens with one attached hydrogen (secondary N) is 1. The summed E-state index contributed by atoms with van der Waals surface area (Å²) in [6.07, 6.45) is 0. The van der Waals surface area contributed by atoms with Crippen molar-refractivity contribution >= 4 is 35.0 Å². The van der Waals surface area contributed by atoms with Gasteiger partial charge in [0.05, 0.1) is 22.2 Å². The molecule has 10 heteroatoms. The van der Waals surface area contributed by atoms with Gasteiger partial charge in [-0.3, -0.25) is 9.36 Å². The number of para-hydroxylation sites is 1. The van der Waals surface area contributed by atoms with Crippen LogP contribution in [-0.4, -0.2) is 26.4 Å². The smallest absolute Gasteiger partial charge is 0.234 e. The Morgan fingerprint density at radius 1 is 0.969 bits per heavy atom. The summed E-state index contributed by atoms with van der Waals surface area (Å²) in [4.78, 5) is 12.3. The largest absolute Gasteiger partial charge is 0.323 e. The summed E-state index contributed by atoms with van der Waals surface area (Å²) < 4.78 is 42.9. The van der Waals surface area contributed by atoms with Crippen molar-refractivity contribution in [3.05, 3.63) is 89.2 Å². The topological polar surface area (TPSA) is 59.8 Å². The van der Waals surface area contributed by atoms with Crippen LogP contribution in [0.2, 0.25) is 5.02 Å². The maximum atomic E-state index is 14.6. The van der Waals surface area contributed by atoms with Gasteiger partial charge in [-0.1, -0.05) is 47.6 Å². The van der Waals surface area contributed by atoms with Gasteiger partial charge in [0.15, 0.2) is 11.0 Å². The van der Waals surface area contributed by atoms with E-state index in [0.717, 1.165) is 23.9 Å². The summed E-state index contributed by atoms with van der Waals surface area (Å²) in [5.74, 6) is -2.58. The fraction of sp³-hybridized carbons (Fsp3) is 0.0455. The molecule has 0 fully saturated rings. The first-order valence-corrected chi connectivity index (χ1v) is 10.6. The predicted octanol–water partition coefficient (Wildman–Crippen LogP) is 5.74. The Hall–Kier alpha value is -3.30. The number of hydrogen-bond acceptors (Lipinski definition) is 4. The lowest BCUT2D eigenvalue weighted by atomic mass is 10.2. The number of carbonyl (C=O) groups excluding carboxylic acids is 1. The molecule has 0 radical (unpaired) electrons. The van der Waals surface area contributed by atoms with Gasteiger partial charge in [0.1, 0.15) is 17.5 Å². The number of carbonyl (C=O) groups is 1. The van der Waals surface area contributed by atoms with Crippen molar-refractivity contribution in [2.45, 2.75) is 5.16 Å². The molecule has 0 saturated heterocycles. The fourth-order valence-electron chi connectivity index (χ4n) is 2.94. The summed E-state index contributed by atoms with van der Waals surface area (Å²) in [5, 5.41) is 11.3. The molecule has 0 aliphatic carbocycles. The summed E-state index contributed by atoms with van der Waals surface area (Å²) >= 11 is 7.28. The van der Waals surface area contributed by atoms with Crippen LogP contribution in [0.15, 0.2) is 71.9 Å². The minimum Gasteiger partial charge on any atom is -0.323 e. The van der Waals surface area contributed by atoms with Crippen LogP contribution in [0.4, 0.5) is 18.9 Å². The molecule has 1 heterocycles. The number of aromatic nitrogens is 3. The van der Waals surface area contributed by atoms with Crippen molar-refractivity contribution < 1.29 is 18.0 Å². The Labute approximate surface area is 190 Å². The average Bonchev–Trinajstić information content (AvgIpc) is 3.18. The minimum absolute atomic E-state index is 0.149. The van der Waals surface area contributed by atoms with E-state index in [9.17, 15) is 18.0 Å². The lowest BCUT2D eigenvalue weighted by Gasteiger charge is -2.12. The van der Waals surface area contributed by atoms with Crippen molar-refractivity contribution in [1.29, 1.82) is 0 Å². The van der Waals surface area contributed by atoms with E-state index in [0.29, 0.717) is 22.5 Å². The highest BCUT2D eigenvalue weighted by molar-refractivity contribution is 7.99. The van der Waals surface area contributed by atoms with E-state index < -0.39 is 23.4 Å². The number of anilines is 1. The summed E-state index contributed by atoms with van der Waals surface area (Å²) in [6.45, 7) is 0. The summed E-state index contributed by atoms with van der Waals surface area (Å²) in [5.41, 5.74) is 0.568. The fourth-order valence-corrected chi connectivity index (χ4v) is 3.90. The van der Waals surface area contributed by atoms with Gasteiger partial charge in [0.25, 0.3) is 0 Å². The molecule has 4 aromatic rings. The van der Waals surface area contributed by atoms with E-state index in [4.69, 9.17) is 11.6 Å². The monoisotopic (exact) mass is 474 g/mol. The molecule has 3 aromatic carbocycles. The van der Waals surface area contributed by atoms with Gasteiger partial charge >= 0.3 is 0 Å². The van der Waals surface area contributed by atoms with Crippen LogP contribution in [0, 0.1) is 17.5 Å². The van der Waals surface area contributed by atoms with Crippen molar-refractivity contribution in [3.8, 4) is 17.1 Å². The molecule has 5 nitrogen and oxygen atoms in total. The van der Waals surface area contributed by atoms with Crippen molar-refractivity contribution in [2.75, 3.05) is 11.1 Å². The minimum atomic E-state index is -0.890. The molecule has 0 aliphatic heterocycles. The maximum absolute atomic E-state index is 14.6. The lowest BCUT2D eigenvalue weighted by Crippen LogP contribution is -2.15. The molecule has 32 heavy (non-hydrogen) atoms. The third-order valence-electron chi connectivity index (χ3n) is 4.38. The van der Waals surface area contributed by atoms with E-state index in [1.807, 2.05) is 0 Å². The Balaban J connectivity index is 1.63. The number of thioether (sulfide) groups is 1. The second-order valence-corrected chi connectivity index (χ2v) is 7.88. The van der Waals surface area contributed by atoms with Gasteiger partial charge in [-0.05, 0) is 36.4 Å². The van der Waals surface area contributed by atoms with Crippen molar-refractivity contribution in [1.82, 2.24) is 14.8 Å². The molecule has 0 unspecified atom stereocenters. The van der Waals surface area contributed by atoms with E-state index in [2.05, 4.69) is 15.5 Å². The first-order valence-electron chi connectivity index (χ1n) is 9.27. The highest BCUT2D eigenvalue weighted by atomic mass is 35.5. The maximum Gasteiger partial charge on any atom is 0.234 e. The highest BCUT2D eigenvalue weighted by Gasteiger charge is 2.21. The van der Waals surface area contributed by atoms with Crippen LogP contribution in [-0.2, 0) is 4.79 Å². The van der Waals surface area contributed by atoms with Crippen LogP contribution >= 0.6 is 23.4 Å². The number of nitrogens with zero attached hydrogens (tertiary/aromatic N) is 3. The Morgan fingerprint density at radius 3 is 2.47 bits per heavy atom. The second kappa shape index (κ2) is 9.46. The second-order valence-electron chi connectivity index (χ2n) is 6.53. The van der Waals surface area contributed by atoms with Crippen LogP contribution < -0.4 is 5.32 Å². The van der Waals surface area contributed by atoms with E-state index in [-0.39, 0.29) is 22.3 Å². The highest BCUT2D eigenvalue weighted by Crippen LogP contribution is 2.32. The molecule has 1 N–H and O–H groups in total. The van der Waals surface area contributed by atoms with Crippen LogP contribution in [0.5, 0.6) is 0 Å². The Kier molecular flexibility index (Phi) is 6.48. The third kappa shape index (κ3) is 4.63. The number of halogens is 4. The number of hydrogen-bond donors (Lipinski definition) is 1. The molecule has 0 bridgehead atoms. The van der Waals surface area contributed by atoms with Gasteiger partial charge in [-0.25, -0.2) is 13.2 Å². The Morgan fingerprint density at radius 2 is 1.72 bits per heavy atom. The van der Waals surface area contributed by atoms with Crippen LogP contribution in [0.3, 0.4) is 0 Å². The number of benzene rings is 3. The zero-order valence-corrected chi connectivity index (χ0v) is 17.8. The quantitative estimate of drug-likeness (QED) is 0.362. The average molecular weight is 475 g/mol.